The number of ether oxygens (including phenoxy) is 1. The Labute approximate surface area is 163 Å². The molecule has 0 unspecified atom stereocenters. The summed E-state index contributed by atoms with van der Waals surface area (Å²) in [6, 6.07) is 15.4. The molecule has 0 spiro atoms. The summed E-state index contributed by atoms with van der Waals surface area (Å²) in [5, 5.41) is 14.1. The zero-order valence-corrected chi connectivity index (χ0v) is 15.5. The van der Waals surface area contributed by atoms with Gasteiger partial charge in [0.15, 0.2) is 0 Å². The van der Waals surface area contributed by atoms with E-state index >= 15 is 0 Å². The van der Waals surface area contributed by atoms with Crippen molar-refractivity contribution in [2.75, 3.05) is 26.3 Å². The van der Waals surface area contributed by atoms with Crippen molar-refractivity contribution in [3.8, 4) is 5.69 Å². The highest BCUT2D eigenvalue weighted by Gasteiger charge is 2.13. The average Bonchev–Trinajstić information content (AvgIpc) is 3.29. The first-order valence-corrected chi connectivity index (χ1v) is 9.28. The van der Waals surface area contributed by atoms with Crippen LogP contribution in [0.4, 0.5) is 0 Å². The molecule has 0 atom stereocenters. The van der Waals surface area contributed by atoms with E-state index in [1.54, 1.807) is 12.1 Å². The largest absolute Gasteiger partial charge is 0.379 e. The number of nitrogens with one attached hydrogen (secondary N) is 1. The average molecular weight is 378 g/mol. The maximum absolute atomic E-state index is 12.6. The quantitative estimate of drug-likeness (QED) is 0.698. The molecule has 4 rings (SSSR count). The van der Waals surface area contributed by atoms with Crippen LogP contribution in [0.25, 0.3) is 5.69 Å². The summed E-state index contributed by atoms with van der Waals surface area (Å²) in [6.07, 6.45) is 1.50. The third-order valence-electron chi connectivity index (χ3n) is 4.78. The van der Waals surface area contributed by atoms with Gasteiger partial charge in [0.25, 0.3) is 5.91 Å². The summed E-state index contributed by atoms with van der Waals surface area (Å²) in [5.41, 5.74) is 3.66. The van der Waals surface area contributed by atoms with Crippen molar-refractivity contribution >= 4 is 5.91 Å². The number of nitrogens with zero attached hydrogens (tertiary/aromatic N) is 5. The third kappa shape index (κ3) is 4.41. The molecule has 8 nitrogen and oxygen atoms in total. The van der Waals surface area contributed by atoms with Gasteiger partial charge in [-0.05, 0) is 39.8 Å². The Hall–Kier alpha value is -3.10. The van der Waals surface area contributed by atoms with Gasteiger partial charge >= 0.3 is 0 Å². The highest BCUT2D eigenvalue weighted by atomic mass is 16.5. The molecule has 1 saturated heterocycles. The van der Waals surface area contributed by atoms with Crippen molar-refractivity contribution < 1.29 is 9.53 Å². The minimum absolute atomic E-state index is 0.129. The van der Waals surface area contributed by atoms with Gasteiger partial charge in [0.05, 0.1) is 18.9 Å². The van der Waals surface area contributed by atoms with Gasteiger partial charge in [-0.15, -0.1) is 5.10 Å². The Morgan fingerprint density at radius 1 is 1.07 bits per heavy atom. The smallest absolute Gasteiger partial charge is 0.251 e. The van der Waals surface area contributed by atoms with E-state index in [1.807, 2.05) is 24.3 Å². The van der Waals surface area contributed by atoms with E-state index in [0.29, 0.717) is 12.1 Å². The van der Waals surface area contributed by atoms with Crippen LogP contribution in [-0.2, 0) is 17.8 Å². The van der Waals surface area contributed by atoms with Gasteiger partial charge in [0, 0.05) is 31.7 Å². The van der Waals surface area contributed by atoms with Crippen molar-refractivity contribution in [1.82, 2.24) is 30.4 Å². The Balaban J connectivity index is 1.42. The summed E-state index contributed by atoms with van der Waals surface area (Å²) >= 11 is 0. The van der Waals surface area contributed by atoms with Crippen molar-refractivity contribution in [1.29, 1.82) is 0 Å². The number of morpholine rings is 1. The van der Waals surface area contributed by atoms with Gasteiger partial charge in [0.1, 0.15) is 6.33 Å². The highest BCUT2D eigenvalue weighted by molar-refractivity contribution is 5.94. The zero-order valence-electron chi connectivity index (χ0n) is 15.5. The number of hydrogen-bond acceptors (Lipinski definition) is 6. The fourth-order valence-electron chi connectivity index (χ4n) is 3.23. The molecule has 1 aromatic heterocycles. The number of hydrogen-bond donors (Lipinski definition) is 1. The normalized spacial score (nSPS) is 14.7. The van der Waals surface area contributed by atoms with E-state index < -0.39 is 0 Å². The number of benzene rings is 2. The van der Waals surface area contributed by atoms with Crippen molar-refractivity contribution in [3.63, 3.8) is 0 Å². The van der Waals surface area contributed by atoms with E-state index in [9.17, 15) is 4.79 Å². The monoisotopic (exact) mass is 378 g/mol. The molecule has 8 heteroatoms. The summed E-state index contributed by atoms with van der Waals surface area (Å²) in [7, 11) is 0. The fourth-order valence-corrected chi connectivity index (χ4v) is 3.23. The Kier molecular flexibility index (Phi) is 5.69. The van der Waals surface area contributed by atoms with Crippen molar-refractivity contribution in [2.45, 2.75) is 13.1 Å². The Morgan fingerprint density at radius 2 is 1.89 bits per heavy atom. The van der Waals surface area contributed by atoms with Crippen molar-refractivity contribution in [3.05, 3.63) is 71.5 Å². The molecule has 0 saturated carbocycles. The summed E-state index contributed by atoms with van der Waals surface area (Å²) in [4.78, 5) is 15.0. The van der Waals surface area contributed by atoms with Crippen LogP contribution in [0.3, 0.4) is 0 Å². The maximum atomic E-state index is 12.6. The van der Waals surface area contributed by atoms with Gasteiger partial charge in [0.2, 0.25) is 0 Å². The SMILES string of the molecule is O=C(NCc1ccccc1CN1CCOCC1)c1cccc(-n2cnnn2)c1. The van der Waals surface area contributed by atoms with Crippen LogP contribution in [0.5, 0.6) is 0 Å². The number of tetrazole rings is 1. The molecule has 1 amide bonds. The van der Waals surface area contributed by atoms with Gasteiger partial charge in [-0.2, -0.15) is 0 Å². The molecule has 28 heavy (non-hydrogen) atoms. The molecule has 1 aliphatic heterocycles. The molecule has 0 bridgehead atoms. The summed E-state index contributed by atoms with van der Waals surface area (Å²) in [5.74, 6) is -0.129. The fraction of sp³-hybridized carbons (Fsp3) is 0.300. The number of rotatable bonds is 6. The third-order valence-corrected chi connectivity index (χ3v) is 4.78. The van der Waals surface area contributed by atoms with Crippen LogP contribution in [0.15, 0.2) is 54.9 Å². The lowest BCUT2D eigenvalue weighted by Gasteiger charge is -2.27. The molecular weight excluding hydrogens is 356 g/mol. The molecule has 0 aliphatic carbocycles. The molecular formula is C20H22N6O2. The van der Waals surface area contributed by atoms with E-state index in [1.165, 1.54) is 16.6 Å². The highest BCUT2D eigenvalue weighted by Crippen LogP contribution is 2.14. The molecule has 0 radical (unpaired) electrons. The van der Waals surface area contributed by atoms with Crippen molar-refractivity contribution in [2.24, 2.45) is 0 Å². The topological polar surface area (TPSA) is 85.2 Å². The van der Waals surface area contributed by atoms with E-state index in [0.717, 1.165) is 44.1 Å². The number of carbonyl (C=O) groups excluding carboxylic acids is 1. The first kappa shape index (κ1) is 18.3. The molecule has 2 heterocycles. The maximum Gasteiger partial charge on any atom is 0.251 e. The summed E-state index contributed by atoms with van der Waals surface area (Å²) < 4.78 is 6.94. The standard InChI is InChI=1S/C20H22N6O2/c27-20(16-6-3-7-19(12-16)26-15-22-23-24-26)21-13-17-4-1-2-5-18(17)14-25-8-10-28-11-9-25/h1-7,12,15H,8-11,13-14H2,(H,21,27). The van der Waals surface area contributed by atoms with E-state index in [4.69, 9.17) is 4.74 Å². The first-order valence-electron chi connectivity index (χ1n) is 9.28. The van der Waals surface area contributed by atoms with Crippen LogP contribution in [-0.4, -0.2) is 57.3 Å². The van der Waals surface area contributed by atoms with Crippen LogP contribution >= 0.6 is 0 Å². The lowest BCUT2D eigenvalue weighted by atomic mass is 10.1. The van der Waals surface area contributed by atoms with Gasteiger partial charge in [-0.1, -0.05) is 30.3 Å². The van der Waals surface area contributed by atoms with E-state index in [-0.39, 0.29) is 5.91 Å². The Bertz CT molecular complexity index is 922. The predicted octanol–water partition coefficient (Wildman–Crippen LogP) is 1.42. The molecule has 3 aromatic rings. The van der Waals surface area contributed by atoms with Gasteiger partial charge in [-0.3, -0.25) is 9.69 Å². The molecule has 1 N–H and O–H groups in total. The van der Waals surface area contributed by atoms with Crippen LogP contribution < -0.4 is 5.32 Å². The van der Waals surface area contributed by atoms with Crippen LogP contribution in [0.1, 0.15) is 21.5 Å². The second-order valence-corrected chi connectivity index (χ2v) is 6.64. The second kappa shape index (κ2) is 8.73. The van der Waals surface area contributed by atoms with Gasteiger partial charge in [-0.25, -0.2) is 4.68 Å². The Morgan fingerprint density at radius 3 is 2.68 bits per heavy atom. The molecule has 1 fully saturated rings. The second-order valence-electron chi connectivity index (χ2n) is 6.64. The minimum atomic E-state index is -0.129. The lowest BCUT2D eigenvalue weighted by Crippen LogP contribution is -2.36. The minimum Gasteiger partial charge on any atom is -0.379 e. The molecule has 1 aliphatic rings. The predicted molar refractivity (Wildman–Crippen MR) is 103 cm³/mol. The zero-order chi connectivity index (χ0) is 19.2. The number of carbonyl (C=O) groups is 1. The molecule has 2 aromatic carbocycles. The van der Waals surface area contributed by atoms with E-state index in [2.05, 4.69) is 37.9 Å². The van der Waals surface area contributed by atoms with Crippen LogP contribution in [0.2, 0.25) is 0 Å². The first-order chi connectivity index (χ1) is 13.8. The van der Waals surface area contributed by atoms with Gasteiger partial charge < -0.3 is 10.1 Å². The lowest BCUT2D eigenvalue weighted by molar-refractivity contribution is 0.0340. The summed E-state index contributed by atoms with van der Waals surface area (Å²) in [6.45, 7) is 4.76. The number of aromatic nitrogens is 4. The van der Waals surface area contributed by atoms with Crippen LogP contribution in [0, 0.1) is 0 Å². The number of amides is 1. The molecule has 144 valence electrons.